The molecular weight excluding hydrogens is 248 g/mol. The Labute approximate surface area is 118 Å². The van der Waals surface area contributed by atoms with Crippen LogP contribution in [0.2, 0.25) is 0 Å². The van der Waals surface area contributed by atoms with Gasteiger partial charge in [-0.15, -0.1) is 0 Å². The third kappa shape index (κ3) is 1.97. The zero-order valence-corrected chi connectivity index (χ0v) is 11.6. The van der Waals surface area contributed by atoms with Crippen molar-refractivity contribution >= 4 is 11.6 Å². The van der Waals surface area contributed by atoms with E-state index in [0.717, 1.165) is 11.1 Å². The van der Waals surface area contributed by atoms with Crippen LogP contribution in [0, 0.1) is 19.8 Å². The SMILES string of the molecule is Cc1ccc(CC2C(=O)c3ccccc3C2=O)c(C)c1. The van der Waals surface area contributed by atoms with Gasteiger partial charge in [-0.25, -0.2) is 0 Å². The molecule has 0 atom stereocenters. The Balaban J connectivity index is 1.94. The average molecular weight is 264 g/mol. The maximum atomic E-state index is 12.4. The van der Waals surface area contributed by atoms with Crippen molar-refractivity contribution in [1.29, 1.82) is 0 Å². The average Bonchev–Trinajstić information content (AvgIpc) is 2.67. The van der Waals surface area contributed by atoms with E-state index in [1.807, 2.05) is 38.1 Å². The minimum absolute atomic E-state index is 0.0365. The van der Waals surface area contributed by atoms with Crippen LogP contribution in [0.4, 0.5) is 0 Å². The highest BCUT2D eigenvalue weighted by Gasteiger charge is 2.38. The molecule has 2 aromatic carbocycles. The van der Waals surface area contributed by atoms with Crippen LogP contribution in [0.5, 0.6) is 0 Å². The normalized spacial score (nSPS) is 14.7. The van der Waals surface area contributed by atoms with Crippen LogP contribution >= 0.6 is 0 Å². The lowest BCUT2D eigenvalue weighted by atomic mass is 9.92. The van der Waals surface area contributed by atoms with Gasteiger partial charge in [0.25, 0.3) is 0 Å². The van der Waals surface area contributed by atoms with E-state index in [-0.39, 0.29) is 11.6 Å². The fourth-order valence-corrected chi connectivity index (χ4v) is 2.89. The van der Waals surface area contributed by atoms with Crippen molar-refractivity contribution in [3.05, 3.63) is 70.3 Å². The zero-order chi connectivity index (χ0) is 14.3. The number of ketones is 2. The minimum Gasteiger partial charge on any atom is -0.293 e. The van der Waals surface area contributed by atoms with Gasteiger partial charge in [-0.1, -0.05) is 48.0 Å². The van der Waals surface area contributed by atoms with Crippen LogP contribution in [0.3, 0.4) is 0 Å². The molecule has 0 fully saturated rings. The first kappa shape index (κ1) is 12.8. The van der Waals surface area contributed by atoms with E-state index in [0.29, 0.717) is 17.5 Å². The van der Waals surface area contributed by atoms with Gasteiger partial charge in [0.1, 0.15) is 0 Å². The Morgan fingerprint density at radius 2 is 1.50 bits per heavy atom. The van der Waals surface area contributed by atoms with Crippen molar-refractivity contribution in [2.24, 2.45) is 5.92 Å². The van der Waals surface area contributed by atoms with Gasteiger partial charge in [0.15, 0.2) is 11.6 Å². The maximum absolute atomic E-state index is 12.4. The van der Waals surface area contributed by atoms with Gasteiger partial charge in [-0.3, -0.25) is 9.59 Å². The molecule has 100 valence electrons. The van der Waals surface area contributed by atoms with Crippen LogP contribution in [0.25, 0.3) is 0 Å². The number of benzene rings is 2. The van der Waals surface area contributed by atoms with Gasteiger partial charge >= 0.3 is 0 Å². The van der Waals surface area contributed by atoms with E-state index in [2.05, 4.69) is 6.07 Å². The summed E-state index contributed by atoms with van der Waals surface area (Å²) in [5.41, 5.74) is 4.56. The van der Waals surface area contributed by atoms with Gasteiger partial charge in [0.05, 0.1) is 5.92 Å². The van der Waals surface area contributed by atoms with E-state index >= 15 is 0 Å². The smallest absolute Gasteiger partial charge is 0.174 e. The highest BCUT2D eigenvalue weighted by atomic mass is 16.2. The van der Waals surface area contributed by atoms with Crippen molar-refractivity contribution in [3.8, 4) is 0 Å². The number of hydrogen-bond donors (Lipinski definition) is 0. The van der Waals surface area contributed by atoms with E-state index < -0.39 is 5.92 Å². The standard InChI is InChI=1S/C18H16O2/c1-11-7-8-13(12(2)9-11)10-16-17(19)14-5-3-4-6-15(14)18(16)20/h3-9,16H,10H2,1-2H3. The number of hydrogen-bond acceptors (Lipinski definition) is 2. The summed E-state index contributed by atoms with van der Waals surface area (Å²) >= 11 is 0. The number of carbonyl (C=O) groups excluding carboxylic acids is 2. The monoisotopic (exact) mass is 264 g/mol. The van der Waals surface area contributed by atoms with Gasteiger partial charge in [-0.05, 0) is 31.4 Å². The maximum Gasteiger partial charge on any atom is 0.174 e. The molecule has 0 bridgehead atoms. The summed E-state index contributed by atoms with van der Waals surface area (Å²) in [7, 11) is 0. The number of rotatable bonds is 2. The second kappa shape index (κ2) is 4.71. The van der Waals surface area contributed by atoms with Crippen LogP contribution in [-0.2, 0) is 6.42 Å². The summed E-state index contributed by atoms with van der Waals surface area (Å²) in [6.45, 7) is 4.07. The van der Waals surface area contributed by atoms with Crippen molar-refractivity contribution in [2.45, 2.75) is 20.3 Å². The van der Waals surface area contributed by atoms with Crippen molar-refractivity contribution in [3.63, 3.8) is 0 Å². The lowest BCUT2D eigenvalue weighted by Gasteiger charge is -2.10. The molecule has 0 saturated heterocycles. The summed E-state index contributed by atoms with van der Waals surface area (Å²) in [5, 5.41) is 0. The molecule has 20 heavy (non-hydrogen) atoms. The van der Waals surface area contributed by atoms with Crippen LogP contribution < -0.4 is 0 Å². The number of carbonyl (C=O) groups is 2. The predicted molar refractivity (Wildman–Crippen MR) is 78.2 cm³/mol. The predicted octanol–water partition coefficient (Wildman–Crippen LogP) is 3.54. The van der Waals surface area contributed by atoms with Crippen LogP contribution in [0.15, 0.2) is 42.5 Å². The first-order valence-electron chi connectivity index (χ1n) is 6.81. The fraction of sp³-hybridized carbons (Fsp3) is 0.222. The molecule has 0 aromatic heterocycles. The van der Waals surface area contributed by atoms with Gasteiger partial charge in [0.2, 0.25) is 0 Å². The second-order valence-corrected chi connectivity index (χ2v) is 5.46. The molecule has 0 spiro atoms. The Hall–Kier alpha value is -2.22. The van der Waals surface area contributed by atoms with E-state index in [1.54, 1.807) is 12.1 Å². The molecule has 2 heteroatoms. The Morgan fingerprint density at radius 3 is 2.05 bits per heavy atom. The molecule has 0 unspecified atom stereocenters. The molecule has 0 N–H and O–H groups in total. The van der Waals surface area contributed by atoms with Crippen molar-refractivity contribution in [2.75, 3.05) is 0 Å². The lowest BCUT2D eigenvalue weighted by molar-refractivity contribution is 0.0838. The number of fused-ring (bicyclic) bond motifs is 1. The summed E-state index contributed by atoms with van der Waals surface area (Å²) in [6.07, 6.45) is 0.498. The molecule has 1 aliphatic carbocycles. The van der Waals surface area contributed by atoms with E-state index in [9.17, 15) is 9.59 Å². The minimum atomic E-state index is -0.547. The second-order valence-electron chi connectivity index (χ2n) is 5.46. The largest absolute Gasteiger partial charge is 0.293 e. The summed E-state index contributed by atoms with van der Waals surface area (Å²) in [5.74, 6) is -0.620. The highest BCUT2D eigenvalue weighted by Crippen LogP contribution is 2.29. The zero-order valence-electron chi connectivity index (χ0n) is 11.6. The molecule has 3 rings (SSSR count). The third-order valence-corrected chi connectivity index (χ3v) is 4.01. The highest BCUT2D eigenvalue weighted by molar-refractivity contribution is 6.26. The van der Waals surface area contributed by atoms with Crippen molar-refractivity contribution in [1.82, 2.24) is 0 Å². The van der Waals surface area contributed by atoms with E-state index in [4.69, 9.17) is 0 Å². The topological polar surface area (TPSA) is 34.1 Å². The molecule has 2 nitrogen and oxygen atoms in total. The van der Waals surface area contributed by atoms with Gasteiger partial charge in [-0.2, -0.15) is 0 Å². The molecule has 2 aromatic rings. The molecular formula is C18H16O2. The molecule has 0 aliphatic heterocycles. The Bertz CT molecular complexity index is 678. The molecule has 0 heterocycles. The number of Topliss-reactive ketones (excluding diaryl/α,β-unsaturated/α-hetero) is 2. The fourth-order valence-electron chi connectivity index (χ4n) is 2.89. The molecule has 0 radical (unpaired) electrons. The third-order valence-electron chi connectivity index (χ3n) is 4.01. The number of aryl methyl sites for hydroxylation is 2. The summed E-state index contributed by atoms with van der Waals surface area (Å²) in [6, 6.07) is 13.3. The van der Waals surface area contributed by atoms with Crippen molar-refractivity contribution < 1.29 is 9.59 Å². The summed E-state index contributed by atoms with van der Waals surface area (Å²) < 4.78 is 0. The van der Waals surface area contributed by atoms with Crippen LogP contribution in [0.1, 0.15) is 37.4 Å². The summed E-state index contributed by atoms with van der Waals surface area (Å²) in [4.78, 5) is 24.7. The van der Waals surface area contributed by atoms with E-state index in [1.165, 1.54) is 5.56 Å². The molecule has 0 amide bonds. The van der Waals surface area contributed by atoms with Crippen LogP contribution in [-0.4, -0.2) is 11.6 Å². The first-order valence-corrected chi connectivity index (χ1v) is 6.81. The van der Waals surface area contributed by atoms with Gasteiger partial charge < -0.3 is 0 Å². The quantitative estimate of drug-likeness (QED) is 0.777. The first-order chi connectivity index (χ1) is 9.58. The Morgan fingerprint density at radius 1 is 0.900 bits per heavy atom. The molecule has 0 saturated carbocycles. The Kier molecular flexibility index (Phi) is 3.01. The van der Waals surface area contributed by atoms with Gasteiger partial charge in [0, 0.05) is 11.1 Å². The lowest BCUT2D eigenvalue weighted by Crippen LogP contribution is -2.18. The molecule has 1 aliphatic rings.